The third-order valence-electron chi connectivity index (χ3n) is 2.77. The average Bonchev–Trinajstić information content (AvgIpc) is 2.23. The highest BCUT2D eigenvalue weighted by molar-refractivity contribution is 5.38. The molecule has 0 bridgehead atoms. The van der Waals surface area contributed by atoms with E-state index in [4.69, 9.17) is 5.73 Å². The number of hydrogen-bond donors (Lipinski definition) is 2. The van der Waals surface area contributed by atoms with Crippen molar-refractivity contribution in [2.75, 3.05) is 21.1 Å². The molecule has 1 rings (SSSR count). The van der Waals surface area contributed by atoms with Crippen LogP contribution in [0.1, 0.15) is 22.3 Å². The summed E-state index contributed by atoms with van der Waals surface area (Å²) >= 11 is 0. The third-order valence-corrected chi connectivity index (χ3v) is 2.77. The molecule has 0 heterocycles. The minimum absolute atomic E-state index is 0.609. The van der Waals surface area contributed by atoms with Crippen LogP contribution in [0.3, 0.4) is 0 Å². The van der Waals surface area contributed by atoms with E-state index in [1.165, 1.54) is 22.3 Å². The Labute approximate surface area is 98.6 Å². The van der Waals surface area contributed by atoms with Crippen molar-refractivity contribution in [3.05, 3.63) is 34.4 Å². The third kappa shape index (κ3) is 3.30. The molecule has 1 aromatic carbocycles. The van der Waals surface area contributed by atoms with Gasteiger partial charge in [0.1, 0.15) is 0 Å². The van der Waals surface area contributed by atoms with Crippen molar-refractivity contribution in [2.45, 2.75) is 26.6 Å². The van der Waals surface area contributed by atoms with Crippen molar-refractivity contribution in [1.82, 2.24) is 10.2 Å². The number of nitrogens with one attached hydrogen (secondary N) is 1. The van der Waals surface area contributed by atoms with Crippen LogP contribution in [-0.2, 0) is 19.6 Å². The number of rotatable bonds is 5. The van der Waals surface area contributed by atoms with Crippen LogP contribution in [0, 0.1) is 6.92 Å². The van der Waals surface area contributed by atoms with Crippen LogP contribution < -0.4 is 11.1 Å². The summed E-state index contributed by atoms with van der Waals surface area (Å²) < 4.78 is 0. The molecule has 16 heavy (non-hydrogen) atoms. The highest BCUT2D eigenvalue weighted by Gasteiger charge is 2.07. The molecular weight excluding hydrogens is 198 g/mol. The summed E-state index contributed by atoms with van der Waals surface area (Å²) in [5, 5.41) is 3.20. The van der Waals surface area contributed by atoms with Crippen molar-refractivity contribution >= 4 is 0 Å². The molecule has 0 fully saturated rings. The molecular formula is C13H23N3. The fourth-order valence-corrected chi connectivity index (χ4v) is 1.91. The predicted molar refractivity (Wildman–Crippen MR) is 69.2 cm³/mol. The van der Waals surface area contributed by atoms with Crippen LogP contribution in [-0.4, -0.2) is 26.0 Å². The smallest absolute Gasteiger partial charge is 0.0230 e. The summed E-state index contributed by atoms with van der Waals surface area (Å²) in [6.45, 7) is 4.67. The van der Waals surface area contributed by atoms with Crippen molar-refractivity contribution in [2.24, 2.45) is 5.73 Å². The minimum atomic E-state index is 0.609. The molecule has 0 aromatic heterocycles. The van der Waals surface area contributed by atoms with Crippen molar-refractivity contribution in [1.29, 1.82) is 0 Å². The number of hydrogen-bond acceptors (Lipinski definition) is 3. The van der Waals surface area contributed by atoms with Crippen LogP contribution in [0.4, 0.5) is 0 Å². The van der Waals surface area contributed by atoms with E-state index in [1.54, 1.807) is 0 Å². The molecule has 3 heteroatoms. The summed E-state index contributed by atoms with van der Waals surface area (Å²) in [6, 6.07) is 4.42. The molecule has 0 saturated heterocycles. The van der Waals surface area contributed by atoms with Gasteiger partial charge in [-0.05, 0) is 50.3 Å². The van der Waals surface area contributed by atoms with Crippen molar-refractivity contribution in [3.8, 4) is 0 Å². The summed E-state index contributed by atoms with van der Waals surface area (Å²) in [5.74, 6) is 0. The Morgan fingerprint density at radius 2 is 1.88 bits per heavy atom. The van der Waals surface area contributed by atoms with Gasteiger partial charge < -0.3 is 16.0 Å². The lowest BCUT2D eigenvalue weighted by molar-refractivity contribution is 0.401. The SMILES string of the molecule is CNCc1cc(CN)cc(CN(C)C)c1C. The average molecular weight is 221 g/mol. The molecule has 0 aliphatic carbocycles. The highest BCUT2D eigenvalue weighted by Crippen LogP contribution is 2.18. The molecule has 0 atom stereocenters. The summed E-state index contributed by atoms with van der Waals surface area (Å²) in [6.07, 6.45) is 0. The summed E-state index contributed by atoms with van der Waals surface area (Å²) in [5.41, 5.74) is 11.0. The van der Waals surface area contributed by atoms with Gasteiger partial charge in [-0.25, -0.2) is 0 Å². The van der Waals surface area contributed by atoms with E-state index in [-0.39, 0.29) is 0 Å². The highest BCUT2D eigenvalue weighted by atomic mass is 15.0. The zero-order valence-electron chi connectivity index (χ0n) is 10.8. The fraction of sp³-hybridized carbons (Fsp3) is 0.538. The van der Waals surface area contributed by atoms with Crippen molar-refractivity contribution in [3.63, 3.8) is 0 Å². The van der Waals surface area contributed by atoms with Gasteiger partial charge in [0.25, 0.3) is 0 Å². The molecule has 0 saturated carbocycles. The van der Waals surface area contributed by atoms with E-state index in [9.17, 15) is 0 Å². The van der Waals surface area contributed by atoms with Crippen molar-refractivity contribution < 1.29 is 0 Å². The topological polar surface area (TPSA) is 41.3 Å². The molecule has 1 aromatic rings. The van der Waals surface area contributed by atoms with Gasteiger partial charge in [0.05, 0.1) is 0 Å². The van der Waals surface area contributed by atoms with Gasteiger partial charge in [-0.3, -0.25) is 0 Å². The molecule has 0 unspecified atom stereocenters. The van der Waals surface area contributed by atoms with Crippen LogP contribution in [0.25, 0.3) is 0 Å². The Kier molecular flexibility index (Phi) is 4.93. The summed E-state index contributed by atoms with van der Waals surface area (Å²) in [7, 11) is 6.15. The number of benzene rings is 1. The second-order valence-corrected chi connectivity index (χ2v) is 4.51. The van der Waals surface area contributed by atoms with E-state index < -0.39 is 0 Å². The lowest BCUT2D eigenvalue weighted by atomic mass is 9.98. The second-order valence-electron chi connectivity index (χ2n) is 4.51. The molecule has 0 amide bonds. The number of nitrogens with two attached hydrogens (primary N) is 1. The normalized spacial score (nSPS) is 11.1. The van der Waals surface area contributed by atoms with Gasteiger partial charge in [0.15, 0.2) is 0 Å². The fourth-order valence-electron chi connectivity index (χ4n) is 1.91. The van der Waals surface area contributed by atoms with Crippen LogP contribution in [0.2, 0.25) is 0 Å². The first kappa shape index (κ1) is 13.2. The first-order chi connectivity index (χ1) is 7.58. The molecule has 0 radical (unpaired) electrons. The van der Waals surface area contributed by atoms with Gasteiger partial charge in [-0.15, -0.1) is 0 Å². The largest absolute Gasteiger partial charge is 0.326 e. The molecule has 0 spiro atoms. The quantitative estimate of drug-likeness (QED) is 0.786. The van der Waals surface area contributed by atoms with E-state index >= 15 is 0 Å². The van der Waals surface area contributed by atoms with Crippen LogP contribution >= 0.6 is 0 Å². The Bertz CT molecular complexity index is 345. The van der Waals surface area contributed by atoms with E-state index in [0.717, 1.165) is 13.1 Å². The maximum atomic E-state index is 5.73. The Morgan fingerprint density at radius 1 is 1.25 bits per heavy atom. The molecule has 90 valence electrons. The minimum Gasteiger partial charge on any atom is -0.326 e. The number of nitrogens with zero attached hydrogens (tertiary/aromatic N) is 1. The second kappa shape index (κ2) is 5.99. The van der Waals surface area contributed by atoms with Crippen LogP contribution in [0.5, 0.6) is 0 Å². The summed E-state index contributed by atoms with van der Waals surface area (Å²) in [4.78, 5) is 2.19. The zero-order valence-corrected chi connectivity index (χ0v) is 10.8. The lowest BCUT2D eigenvalue weighted by Crippen LogP contribution is -2.15. The van der Waals surface area contributed by atoms with Crippen LogP contribution in [0.15, 0.2) is 12.1 Å². The zero-order chi connectivity index (χ0) is 12.1. The van der Waals surface area contributed by atoms with Gasteiger partial charge in [0.2, 0.25) is 0 Å². The monoisotopic (exact) mass is 221 g/mol. The maximum absolute atomic E-state index is 5.73. The first-order valence-electron chi connectivity index (χ1n) is 5.69. The molecule has 3 nitrogen and oxygen atoms in total. The maximum Gasteiger partial charge on any atom is 0.0230 e. The Balaban J connectivity index is 3.09. The van der Waals surface area contributed by atoms with Gasteiger partial charge in [0, 0.05) is 19.6 Å². The van der Waals surface area contributed by atoms with E-state index in [0.29, 0.717) is 6.54 Å². The molecule has 3 N–H and O–H groups in total. The van der Waals surface area contributed by atoms with Gasteiger partial charge >= 0.3 is 0 Å². The Morgan fingerprint density at radius 3 is 2.38 bits per heavy atom. The Hall–Kier alpha value is -0.900. The molecule has 0 aliphatic rings. The van der Waals surface area contributed by atoms with Gasteiger partial charge in [-0.1, -0.05) is 12.1 Å². The predicted octanol–water partition coefficient (Wildman–Crippen LogP) is 1.23. The molecule has 0 aliphatic heterocycles. The van der Waals surface area contributed by atoms with E-state index in [2.05, 4.69) is 43.4 Å². The lowest BCUT2D eigenvalue weighted by Gasteiger charge is -2.17. The van der Waals surface area contributed by atoms with Gasteiger partial charge in [-0.2, -0.15) is 0 Å². The standard InChI is InChI=1S/C13H23N3/c1-10-12(8-15-2)5-11(7-14)6-13(10)9-16(3)4/h5-6,15H,7-9,14H2,1-4H3. The first-order valence-corrected chi connectivity index (χ1v) is 5.69. The van der Waals surface area contributed by atoms with E-state index in [1.807, 2.05) is 7.05 Å².